The Kier molecular flexibility index (Phi) is 7.30. The van der Waals surface area contributed by atoms with Gasteiger partial charge in [-0.1, -0.05) is 42.5 Å². The molecule has 1 heterocycles. The summed E-state index contributed by atoms with van der Waals surface area (Å²) in [6, 6.07) is 21.0. The molecule has 2 amide bonds. The van der Waals surface area contributed by atoms with Crippen molar-refractivity contribution in [2.45, 2.75) is 13.0 Å². The summed E-state index contributed by atoms with van der Waals surface area (Å²) in [4.78, 5) is 27.2. The minimum absolute atomic E-state index is 0.0115. The minimum Gasteiger partial charge on any atom is -0.484 e. The fourth-order valence-corrected chi connectivity index (χ4v) is 3.72. The highest BCUT2D eigenvalue weighted by molar-refractivity contribution is 5.95. The van der Waals surface area contributed by atoms with Gasteiger partial charge in [0.1, 0.15) is 18.1 Å². The van der Waals surface area contributed by atoms with Gasteiger partial charge in [0, 0.05) is 7.05 Å². The number of para-hydroxylation sites is 2. The van der Waals surface area contributed by atoms with Crippen molar-refractivity contribution in [1.29, 1.82) is 0 Å². The maximum atomic E-state index is 14.1. The van der Waals surface area contributed by atoms with Crippen molar-refractivity contribution in [3.05, 3.63) is 102 Å². The number of benzene rings is 3. The second-order valence-electron chi connectivity index (χ2n) is 7.73. The number of rotatable bonds is 8. The van der Waals surface area contributed by atoms with Crippen LogP contribution < -0.4 is 14.8 Å². The van der Waals surface area contributed by atoms with Gasteiger partial charge in [-0.05, 0) is 48.9 Å². The topological polar surface area (TPSA) is 77.1 Å². The molecule has 0 bridgehead atoms. The maximum absolute atomic E-state index is 14.1. The summed E-state index contributed by atoms with van der Waals surface area (Å²) < 4.78 is 31.0. The molecule has 0 saturated carbocycles. The molecular weight excluding hydrogens is 451 g/mol. The van der Waals surface area contributed by atoms with Crippen molar-refractivity contribution in [3.63, 3.8) is 0 Å². The van der Waals surface area contributed by atoms with Crippen LogP contribution in [0.25, 0.3) is 0 Å². The van der Waals surface area contributed by atoms with Gasteiger partial charge >= 0.3 is 12.0 Å². The summed E-state index contributed by atoms with van der Waals surface area (Å²) in [5.41, 5.74) is 1.09. The van der Waals surface area contributed by atoms with Gasteiger partial charge in [-0.25, -0.2) is 14.0 Å². The smallest absolute Gasteiger partial charge is 0.338 e. The number of nitrogens with one attached hydrogen (secondary N) is 1. The molecule has 0 spiro atoms. The highest BCUT2D eigenvalue weighted by atomic mass is 19.1. The molecule has 7 nitrogen and oxygen atoms in total. The van der Waals surface area contributed by atoms with Crippen LogP contribution in [0.5, 0.6) is 17.2 Å². The summed E-state index contributed by atoms with van der Waals surface area (Å²) in [6.07, 6.45) is 0. The Hall–Kier alpha value is -4.33. The number of ether oxygens (including phenoxy) is 3. The zero-order chi connectivity index (χ0) is 24.8. The van der Waals surface area contributed by atoms with Gasteiger partial charge in [-0.3, -0.25) is 4.90 Å². The van der Waals surface area contributed by atoms with Crippen LogP contribution in [0, 0.1) is 5.82 Å². The number of esters is 1. The van der Waals surface area contributed by atoms with Crippen molar-refractivity contribution in [2.75, 3.05) is 20.3 Å². The van der Waals surface area contributed by atoms with Crippen LogP contribution in [0.3, 0.4) is 0 Å². The monoisotopic (exact) mass is 476 g/mol. The third kappa shape index (κ3) is 5.43. The maximum Gasteiger partial charge on any atom is 0.338 e. The van der Waals surface area contributed by atoms with Crippen LogP contribution in [-0.2, 0) is 9.53 Å². The van der Waals surface area contributed by atoms with Crippen LogP contribution in [-0.4, -0.2) is 37.2 Å². The van der Waals surface area contributed by atoms with Crippen LogP contribution in [0.15, 0.2) is 90.1 Å². The van der Waals surface area contributed by atoms with Crippen molar-refractivity contribution in [2.24, 2.45) is 0 Å². The van der Waals surface area contributed by atoms with Gasteiger partial charge in [0.05, 0.1) is 23.9 Å². The molecule has 4 rings (SSSR count). The largest absolute Gasteiger partial charge is 0.484 e. The second-order valence-corrected chi connectivity index (χ2v) is 7.73. The zero-order valence-corrected chi connectivity index (χ0v) is 19.4. The Morgan fingerprint density at radius 2 is 1.71 bits per heavy atom. The summed E-state index contributed by atoms with van der Waals surface area (Å²) in [7, 11) is 1.51. The van der Waals surface area contributed by atoms with E-state index in [1.54, 1.807) is 43.3 Å². The molecule has 1 atom stereocenters. The molecule has 1 aliphatic rings. The Morgan fingerprint density at radius 3 is 2.46 bits per heavy atom. The van der Waals surface area contributed by atoms with Crippen molar-refractivity contribution in [3.8, 4) is 17.2 Å². The molecule has 8 heteroatoms. The number of hydrogen-bond acceptors (Lipinski definition) is 5. The van der Waals surface area contributed by atoms with E-state index in [0.717, 1.165) is 0 Å². The molecule has 35 heavy (non-hydrogen) atoms. The average molecular weight is 477 g/mol. The van der Waals surface area contributed by atoms with E-state index in [1.165, 1.54) is 24.1 Å². The van der Waals surface area contributed by atoms with Crippen LogP contribution in [0.1, 0.15) is 18.5 Å². The van der Waals surface area contributed by atoms with Gasteiger partial charge in [-0.15, -0.1) is 0 Å². The lowest BCUT2D eigenvalue weighted by Crippen LogP contribution is -2.48. The fraction of sp³-hybridized carbons (Fsp3) is 0.185. The van der Waals surface area contributed by atoms with E-state index in [9.17, 15) is 14.0 Å². The van der Waals surface area contributed by atoms with E-state index >= 15 is 0 Å². The van der Waals surface area contributed by atoms with Crippen LogP contribution in [0.2, 0.25) is 0 Å². The molecule has 1 N–H and O–H groups in total. The molecule has 3 aromatic carbocycles. The first-order valence-corrected chi connectivity index (χ1v) is 11.1. The highest BCUT2D eigenvalue weighted by Crippen LogP contribution is 2.34. The second kappa shape index (κ2) is 10.7. The molecule has 1 aliphatic heterocycles. The fourth-order valence-electron chi connectivity index (χ4n) is 3.72. The zero-order valence-electron chi connectivity index (χ0n) is 19.4. The SMILES string of the molecule is CCOC(=O)C1=C(COc2ccccc2F)N(C)C(=O)N[C@H]1c1cccc(Oc2ccccc2)c1. The molecule has 180 valence electrons. The lowest BCUT2D eigenvalue weighted by atomic mass is 9.94. The number of amides is 2. The van der Waals surface area contributed by atoms with Crippen molar-refractivity contribution >= 4 is 12.0 Å². The first-order chi connectivity index (χ1) is 17.0. The molecule has 0 saturated heterocycles. The Bertz CT molecular complexity index is 1250. The standard InChI is InChI=1S/C27H25FN2O5/c1-3-33-26(31)24-22(17-34-23-15-8-7-14-21(23)28)30(2)27(32)29-25(24)18-10-9-13-20(16-18)35-19-11-5-4-6-12-19/h4-16,25H,3,17H2,1-2H3,(H,29,32)/t25-/m0/s1. The normalized spacial score (nSPS) is 15.5. The third-order valence-electron chi connectivity index (χ3n) is 5.44. The van der Waals surface area contributed by atoms with E-state index < -0.39 is 23.9 Å². The first kappa shape index (κ1) is 23.8. The third-order valence-corrected chi connectivity index (χ3v) is 5.44. The minimum atomic E-state index is -0.823. The van der Waals surface area contributed by atoms with Crippen molar-refractivity contribution < 1.29 is 28.2 Å². The quantitative estimate of drug-likeness (QED) is 0.452. The van der Waals surface area contributed by atoms with Gasteiger partial charge in [0.15, 0.2) is 11.6 Å². The highest BCUT2D eigenvalue weighted by Gasteiger charge is 2.37. The van der Waals surface area contributed by atoms with Crippen molar-refractivity contribution in [1.82, 2.24) is 10.2 Å². The van der Waals surface area contributed by atoms with Gasteiger partial charge in [0.25, 0.3) is 0 Å². The van der Waals surface area contributed by atoms with Crippen LogP contribution >= 0.6 is 0 Å². The lowest BCUT2D eigenvalue weighted by Gasteiger charge is -2.34. The Balaban J connectivity index is 1.72. The predicted octanol–water partition coefficient (Wildman–Crippen LogP) is 5.21. The molecule has 0 radical (unpaired) electrons. The van der Waals surface area contributed by atoms with E-state index in [1.807, 2.05) is 30.3 Å². The average Bonchev–Trinajstić information content (AvgIpc) is 2.86. The molecular formula is C27H25FN2O5. The van der Waals surface area contributed by atoms with E-state index in [0.29, 0.717) is 17.1 Å². The number of carbonyl (C=O) groups excluding carboxylic acids is 2. The Labute approximate surface area is 202 Å². The number of halogens is 1. The summed E-state index contributed by atoms with van der Waals surface area (Å²) in [5.74, 6) is 0.0470. The molecule has 3 aromatic rings. The molecule has 0 aromatic heterocycles. The van der Waals surface area contributed by atoms with Gasteiger partial charge < -0.3 is 19.5 Å². The lowest BCUT2D eigenvalue weighted by molar-refractivity contribution is -0.139. The van der Waals surface area contributed by atoms with Crippen LogP contribution in [0.4, 0.5) is 9.18 Å². The van der Waals surface area contributed by atoms with Gasteiger partial charge in [0.2, 0.25) is 0 Å². The number of nitrogens with zero attached hydrogens (tertiary/aromatic N) is 1. The number of carbonyl (C=O) groups is 2. The molecule has 0 aliphatic carbocycles. The van der Waals surface area contributed by atoms with E-state index in [2.05, 4.69) is 5.32 Å². The molecule has 0 fully saturated rings. The number of urea groups is 1. The predicted molar refractivity (Wildman–Crippen MR) is 128 cm³/mol. The number of likely N-dealkylation sites (N-methyl/N-ethyl adjacent to an activating group) is 1. The Morgan fingerprint density at radius 1 is 1.00 bits per heavy atom. The van der Waals surface area contributed by atoms with Gasteiger partial charge in [-0.2, -0.15) is 0 Å². The molecule has 0 unspecified atom stereocenters. The number of hydrogen-bond donors (Lipinski definition) is 1. The first-order valence-electron chi connectivity index (χ1n) is 11.1. The van der Waals surface area contributed by atoms with E-state index in [4.69, 9.17) is 14.2 Å². The summed E-state index contributed by atoms with van der Waals surface area (Å²) >= 11 is 0. The summed E-state index contributed by atoms with van der Waals surface area (Å²) in [6.45, 7) is 1.63. The summed E-state index contributed by atoms with van der Waals surface area (Å²) in [5, 5.41) is 2.85. The van der Waals surface area contributed by atoms with E-state index in [-0.39, 0.29) is 30.2 Å².